The molecule has 0 radical (unpaired) electrons. The van der Waals surface area contributed by atoms with Crippen LogP contribution in [-0.2, 0) is 4.79 Å². The second-order valence-corrected chi connectivity index (χ2v) is 5.04. The van der Waals surface area contributed by atoms with E-state index in [0.717, 1.165) is 11.3 Å². The highest BCUT2D eigenvalue weighted by Gasteiger charge is 2.14. The Bertz CT molecular complexity index is 771. The van der Waals surface area contributed by atoms with Crippen LogP contribution in [0.5, 0.6) is 17.2 Å². The summed E-state index contributed by atoms with van der Waals surface area (Å²) in [5, 5.41) is 5.81. The standard InChI is InChI=1S/C19H20N2O4/c1-5-13-7-6-8-14(9-13)20-12-18(22)21-15-10-16(23-2)19(25-4)17(11-15)24-3/h1,6-11,20H,12H2,2-4H3,(H,21,22). The summed E-state index contributed by atoms with van der Waals surface area (Å²) in [6.07, 6.45) is 5.36. The molecule has 0 aliphatic rings. The molecule has 0 fully saturated rings. The topological polar surface area (TPSA) is 68.8 Å². The van der Waals surface area contributed by atoms with E-state index in [1.807, 2.05) is 18.2 Å². The highest BCUT2D eigenvalue weighted by Crippen LogP contribution is 2.39. The second-order valence-electron chi connectivity index (χ2n) is 5.04. The number of carbonyl (C=O) groups is 1. The maximum absolute atomic E-state index is 12.2. The number of terminal acetylenes is 1. The molecule has 0 aliphatic heterocycles. The minimum absolute atomic E-state index is 0.0880. The molecule has 0 bridgehead atoms. The predicted octanol–water partition coefficient (Wildman–Crippen LogP) is 2.74. The lowest BCUT2D eigenvalue weighted by Crippen LogP contribution is -2.21. The van der Waals surface area contributed by atoms with Crippen molar-refractivity contribution in [1.82, 2.24) is 0 Å². The van der Waals surface area contributed by atoms with Gasteiger partial charge in [0.1, 0.15) is 0 Å². The van der Waals surface area contributed by atoms with Crippen LogP contribution in [0.2, 0.25) is 0 Å². The zero-order valence-electron chi connectivity index (χ0n) is 14.4. The molecular weight excluding hydrogens is 320 g/mol. The molecule has 130 valence electrons. The molecule has 25 heavy (non-hydrogen) atoms. The highest BCUT2D eigenvalue weighted by atomic mass is 16.5. The summed E-state index contributed by atoms with van der Waals surface area (Å²) in [7, 11) is 4.55. The Balaban J connectivity index is 2.06. The van der Waals surface area contributed by atoms with E-state index < -0.39 is 0 Å². The van der Waals surface area contributed by atoms with Crippen LogP contribution < -0.4 is 24.8 Å². The van der Waals surface area contributed by atoms with Gasteiger partial charge in [-0.15, -0.1) is 6.42 Å². The third-order valence-electron chi connectivity index (χ3n) is 3.43. The molecule has 0 heterocycles. The van der Waals surface area contributed by atoms with E-state index in [0.29, 0.717) is 22.9 Å². The number of hydrogen-bond acceptors (Lipinski definition) is 5. The molecule has 0 saturated carbocycles. The Morgan fingerprint density at radius 3 is 2.28 bits per heavy atom. The highest BCUT2D eigenvalue weighted by molar-refractivity contribution is 5.94. The fraction of sp³-hybridized carbons (Fsp3) is 0.211. The van der Waals surface area contributed by atoms with Crippen molar-refractivity contribution in [2.75, 3.05) is 38.5 Å². The fourth-order valence-corrected chi connectivity index (χ4v) is 2.26. The van der Waals surface area contributed by atoms with Crippen molar-refractivity contribution in [2.45, 2.75) is 0 Å². The molecule has 1 amide bonds. The smallest absolute Gasteiger partial charge is 0.243 e. The molecule has 0 saturated heterocycles. The van der Waals surface area contributed by atoms with Crippen molar-refractivity contribution in [3.05, 3.63) is 42.0 Å². The quantitative estimate of drug-likeness (QED) is 0.759. The SMILES string of the molecule is C#Cc1cccc(NCC(=O)Nc2cc(OC)c(OC)c(OC)c2)c1. The summed E-state index contributed by atoms with van der Waals surface area (Å²) >= 11 is 0. The number of methoxy groups -OCH3 is 3. The lowest BCUT2D eigenvalue weighted by Gasteiger charge is -2.15. The van der Waals surface area contributed by atoms with Crippen LogP contribution in [0.3, 0.4) is 0 Å². The number of anilines is 2. The van der Waals surface area contributed by atoms with Gasteiger partial charge in [0.05, 0.1) is 27.9 Å². The average molecular weight is 340 g/mol. The first-order chi connectivity index (χ1) is 12.1. The van der Waals surface area contributed by atoms with Crippen LogP contribution in [0, 0.1) is 12.3 Å². The molecule has 0 atom stereocenters. The van der Waals surface area contributed by atoms with E-state index >= 15 is 0 Å². The average Bonchev–Trinajstić information content (AvgIpc) is 2.65. The van der Waals surface area contributed by atoms with Crippen molar-refractivity contribution >= 4 is 17.3 Å². The Morgan fingerprint density at radius 1 is 1.04 bits per heavy atom. The first-order valence-corrected chi connectivity index (χ1v) is 7.51. The van der Waals surface area contributed by atoms with Gasteiger partial charge in [0.25, 0.3) is 0 Å². The number of rotatable bonds is 7. The zero-order chi connectivity index (χ0) is 18.2. The lowest BCUT2D eigenvalue weighted by atomic mass is 10.2. The largest absolute Gasteiger partial charge is 0.493 e. The Labute approximate surface area is 147 Å². The monoisotopic (exact) mass is 340 g/mol. The predicted molar refractivity (Wildman–Crippen MR) is 97.6 cm³/mol. The van der Waals surface area contributed by atoms with Gasteiger partial charge in [-0.1, -0.05) is 12.0 Å². The van der Waals surface area contributed by atoms with Crippen molar-refractivity contribution in [3.8, 4) is 29.6 Å². The third-order valence-corrected chi connectivity index (χ3v) is 3.43. The van der Waals surface area contributed by atoms with Crippen molar-refractivity contribution < 1.29 is 19.0 Å². The van der Waals surface area contributed by atoms with Crippen LogP contribution in [0.1, 0.15) is 5.56 Å². The van der Waals surface area contributed by atoms with E-state index in [4.69, 9.17) is 20.6 Å². The Hall–Kier alpha value is -3.33. The van der Waals surface area contributed by atoms with Crippen molar-refractivity contribution in [2.24, 2.45) is 0 Å². The van der Waals surface area contributed by atoms with E-state index in [1.54, 1.807) is 18.2 Å². The van der Waals surface area contributed by atoms with Gasteiger partial charge in [-0.25, -0.2) is 0 Å². The summed E-state index contributed by atoms with van der Waals surface area (Å²) in [6.45, 7) is 0.0880. The van der Waals surface area contributed by atoms with Gasteiger partial charge < -0.3 is 24.8 Å². The molecule has 0 spiro atoms. The van der Waals surface area contributed by atoms with Crippen molar-refractivity contribution in [3.63, 3.8) is 0 Å². The number of ether oxygens (including phenoxy) is 3. The molecule has 2 N–H and O–H groups in total. The summed E-state index contributed by atoms with van der Waals surface area (Å²) < 4.78 is 15.8. The summed E-state index contributed by atoms with van der Waals surface area (Å²) in [5.41, 5.74) is 2.06. The molecular formula is C19H20N2O4. The first-order valence-electron chi connectivity index (χ1n) is 7.51. The maximum Gasteiger partial charge on any atom is 0.243 e. The normalized spacial score (nSPS) is 9.68. The van der Waals surface area contributed by atoms with Gasteiger partial charge in [0, 0.05) is 29.1 Å². The fourth-order valence-electron chi connectivity index (χ4n) is 2.26. The molecule has 0 unspecified atom stereocenters. The van der Waals surface area contributed by atoms with Crippen molar-refractivity contribution in [1.29, 1.82) is 0 Å². The number of benzene rings is 2. The van der Waals surface area contributed by atoms with E-state index in [-0.39, 0.29) is 12.5 Å². The zero-order valence-corrected chi connectivity index (χ0v) is 14.4. The van der Waals surface area contributed by atoms with Crippen LogP contribution in [0.4, 0.5) is 11.4 Å². The van der Waals surface area contributed by atoms with Gasteiger partial charge in [-0.3, -0.25) is 4.79 Å². The van der Waals surface area contributed by atoms with Crippen LogP contribution in [0.25, 0.3) is 0 Å². The maximum atomic E-state index is 12.2. The summed E-state index contributed by atoms with van der Waals surface area (Å²) in [5.74, 6) is 3.72. The number of amides is 1. The van der Waals surface area contributed by atoms with Crippen LogP contribution >= 0.6 is 0 Å². The molecule has 0 aromatic heterocycles. The molecule has 2 rings (SSSR count). The summed E-state index contributed by atoms with van der Waals surface area (Å²) in [4.78, 5) is 12.2. The molecule has 6 heteroatoms. The first kappa shape index (κ1) is 18.0. The lowest BCUT2D eigenvalue weighted by molar-refractivity contribution is -0.114. The molecule has 2 aromatic rings. The minimum atomic E-state index is -0.222. The molecule has 2 aromatic carbocycles. The van der Waals surface area contributed by atoms with Gasteiger partial charge >= 0.3 is 0 Å². The summed E-state index contributed by atoms with van der Waals surface area (Å²) in [6, 6.07) is 10.6. The van der Waals surface area contributed by atoms with E-state index in [9.17, 15) is 4.79 Å². The number of nitrogens with one attached hydrogen (secondary N) is 2. The Morgan fingerprint density at radius 2 is 1.72 bits per heavy atom. The molecule has 0 aliphatic carbocycles. The molecule has 6 nitrogen and oxygen atoms in total. The van der Waals surface area contributed by atoms with Gasteiger partial charge in [-0.05, 0) is 18.2 Å². The van der Waals surface area contributed by atoms with E-state index in [1.165, 1.54) is 21.3 Å². The van der Waals surface area contributed by atoms with Gasteiger partial charge in [0.2, 0.25) is 11.7 Å². The van der Waals surface area contributed by atoms with Gasteiger partial charge in [-0.2, -0.15) is 0 Å². The number of hydrogen-bond donors (Lipinski definition) is 2. The Kier molecular flexibility index (Phi) is 6.13. The van der Waals surface area contributed by atoms with E-state index in [2.05, 4.69) is 16.6 Å². The van der Waals surface area contributed by atoms with Gasteiger partial charge in [0.15, 0.2) is 11.5 Å². The third kappa shape index (κ3) is 4.58. The second kappa shape index (κ2) is 8.50. The minimum Gasteiger partial charge on any atom is -0.493 e. The van der Waals surface area contributed by atoms with Crippen LogP contribution in [0.15, 0.2) is 36.4 Å². The van der Waals surface area contributed by atoms with Crippen LogP contribution in [-0.4, -0.2) is 33.8 Å². The number of carbonyl (C=O) groups excluding carboxylic acids is 1.